The molecule has 0 aliphatic heterocycles. The van der Waals surface area contributed by atoms with Crippen molar-refractivity contribution in [2.45, 2.75) is 0 Å². The molecule has 4 aromatic carbocycles. The number of fused-ring (bicyclic) bond motifs is 6. The second kappa shape index (κ2) is 8.04. The number of aromatic nitrogens is 4. The van der Waals surface area contributed by atoms with E-state index in [4.69, 9.17) is 9.97 Å². The molecule has 0 fully saturated rings. The van der Waals surface area contributed by atoms with Crippen molar-refractivity contribution in [2.24, 2.45) is 0 Å². The molecule has 3 aromatic heterocycles. The molecule has 7 rings (SSSR count). The summed E-state index contributed by atoms with van der Waals surface area (Å²) in [7, 11) is 0. The number of phenols is 10. The zero-order valence-electron chi connectivity index (χ0n) is 20.9. The maximum atomic E-state index is 10.8. The van der Waals surface area contributed by atoms with Gasteiger partial charge in [0.2, 0.25) is 34.5 Å². The fourth-order valence-electron chi connectivity index (χ4n) is 5.28. The molecule has 0 amide bonds. The summed E-state index contributed by atoms with van der Waals surface area (Å²) in [6, 6.07) is 13.2. The van der Waals surface area contributed by atoms with Gasteiger partial charge >= 0.3 is 0 Å². The van der Waals surface area contributed by atoms with E-state index in [1.54, 1.807) is 48.5 Å². The highest BCUT2D eigenvalue weighted by molar-refractivity contribution is 6.13. The minimum atomic E-state index is -1.15. The van der Waals surface area contributed by atoms with Crippen LogP contribution in [0.3, 0.4) is 0 Å². The summed E-state index contributed by atoms with van der Waals surface area (Å²) in [5, 5.41) is 105. The first kappa shape index (κ1) is 24.6. The second-order valence-corrected chi connectivity index (χ2v) is 9.46. The molecule has 14 heteroatoms. The van der Waals surface area contributed by atoms with E-state index in [0.29, 0.717) is 21.8 Å². The van der Waals surface area contributed by atoms with Gasteiger partial charge in [-0.3, -0.25) is 9.13 Å². The van der Waals surface area contributed by atoms with E-state index in [0.717, 1.165) is 0 Å². The van der Waals surface area contributed by atoms with Gasteiger partial charge in [0.15, 0.2) is 34.3 Å². The van der Waals surface area contributed by atoms with Crippen LogP contribution in [0.2, 0.25) is 0 Å². The number of aromatic hydroxyl groups is 10. The third-order valence-corrected chi connectivity index (χ3v) is 7.22. The topological polar surface area (TPSA) is 238 Å². The number of para-hydroxylation sites is 2. The Labute approximate surface area is 231 Å². The molecule has 0 atom stereocenters. The normalized spacial score (nSPS) is 11.8. The Morgan fingerprint density at radius 3 is 1.05 bits per heavy atom. The first-order chi connectivity index (χ1) is 20.0. The van der Waals surface area contributed by atoms with Gasteiger partial charge in [-0.25, -0.2) is 9.97 Å². The van der Waals surface area contributed by atoms with E-state index in [1.165, 1.54) is 9.13 Å². The van der Waals surface area contributed by atoms with E-state index >= 15 is 0 Å². The molecule has 0 radical (unpaired) electrons. The van der Waals surface area contributed by atoms with Crippen LogP contribution in [0.15, 0.2) is 48.5 Å². The van der Waals surface area contributed by atoms with Crippen molar-refractivity contribution in [1.29, 1.82) is 0 Å². The standard InChI is InChI=1S/C28H18N4O10/c33-17-15(18(34)22(38)25(41)21(17)37)31-11-7-3-1-5-9(11)13-27(31)30-28-14(29-13)10-6-2-4-8-12(10)32(28)16-19(35)23(39)26(42)24(40)20(16)36/h1-8,33-42H. The summed E-state index contributed by atoms with van der Waals surface area (Å²) in [5.41, 5.74) is -0.142. The molecule has 0 bridgehead atoms. The minimum absolute atomic E-state index is 0.0611. The van der Waals surface area contributed by atoms with E-state index < -0.39 is 68.9 Å². The largest absolute Gasteiger partial charge is 0.503 e. The van der Waals surface area contributed by atoms with Crippen molar-refractivity contribution >= 4 is 44.1 Å². The van der Waals surface area contributed by atoms with Gasteiger partial charge in [-0.05, 0) is 12.1 Å². The van der Waals surface area contributed by atoms with Crippen molar-refractivity contribution < 1.29 is 51.1 Å². The van der Waals surface area contributed by atoms with Crippen molar-refractivity contribution in [2.75, 3.05) is 0 Å². The summed E-state index contributed by atoms with van der Waals surface area (Å²) in [4.78, 5) is 9.49. The lowest BCUT2D eigenvalue weighted by molar-refractivity contribution is 0.327. The summed E-state index contributed by atoms with van der Waals surface area (Å²) >= 11 is 0. The van der Waals surface area contributed by atoms with Gasteiger partial charge in [0, 0.05) is 10.8 Å². The monoisotopic (exact) mass is 570 g/mol. The molecular formula is C28H18N4O10. The number of benzene rings is 4. The zero-order valence-corrected chi connectivity index (χ0v) is 20.9. The van der Waals surface area contributed by atoms with E-state index in [1.807, 2.05) is 0 Å². The van der Waals surface area contributed by atoms with Gasteiger partial charge in [-0.15, -0.1) is 0 Å². The number of nitrogens with zero attached hydrogens (tertiary/aromatic N) is 4. The van der Waals surface area contributed by atoms with Gasteiger partial charge in [-0.1, -0.05) is 36.4 Å². The number of rotatable bonds is 2. The Kier molecular flexibility index (Phi) is 4.71. The van der Waals surface area contributed by atoms with Crippen molar-refractivity contribution in [3.05, 3.63) is 48.5 Å². The Morgan fingerprint density at radius 1 is 0.381 bits per heavy atom. The van der Waals surface area contributed by atoms with Crippen LogP contribution in [0.5, 0.6) is 57.5 Å². The van der Waals surface area contributed by atoms with E-state index in [-0.39, 0.29) is 22.3 Å². The Morgan fingerprint density at radius 2 is 0.690 bits per heavy atom. The molecule has 42 heavy (non-hydrogen) atoms. The quantitative estimate of drug-likeness (QED) is 0.106. The van der Waals surface area contributed by atoms with Crippen LogP contribution in [0.4, 0.5) is 0 Å². The maximum Gasteiger partial charge on any atom is 0.208 e. The van der Waals surface area contributed by atoms with Crippen molar-refractivity contribution in [3.8, 4) is 68.9 Å². The van der Waals surface area contributed by atoms with Crippen LogP contribution >= 0.6 is 0 Å². The fraction of sp³-hybridized carbons (Fsp3) is 0. The Balaban J connectivity index is 1.73. The van der Waals surface area contributed by atoms with Crippen LogP contribution in [0.25, 0.3) is 55.5 Å². The smallest absolute Gasteiger partial charge is 0.208 e. The highest BCUT2D eigenvalue weighted by Gasteiger charge is 2.31. The predicted molar refractivity (Wildman–Crippen MR) is 147 cm³/mol. The van der Waals surface area contributed by atoms with E-state index in [9.17, 15) is 51.1 Å². The molecule has 0 saturated heterocycles. The van der Waals surface area contributed by atoms with Crippen LogP contribution in [-0.4, -0.2) is 70.2 Å². The number of hydrogen-bond acceptors (Lipinski definition) is 12. The maximum absolute atomic E-state index is 10.8. The van der Waals surface area contributed by atoms with Gasteiger partial charge in [0.25, 0.3) is 0 Å². The van der Waals surface area contributed by atoms with Crippen molar-refractivity contribution in [3.63, 3.8) is 0 Å². The first-order valence-electron chi connectivity index (χ1n) is 12.1. The summed E-state index contributed by atoms with van der Waals surface area (Å²) in [6.45, 7) is 0. The van der Waals surface area contributed by atoms with Gasteiger partial charge < -0.3 is 51.1 Å². The lowest BCUT2D eigenvalue weighted by atomic mass is 10.2. The lowest BCUT2D eigenvalue weighted by Crippen LogP contribution is -2.01. The van der Waals surface area contributed by atoms with Crippen LogP contribution in [0.1, 0.15) is 0 Å². The Hall–Kier alpha value is -6.44. The molecule has 3 heterocycles. The average Bonchev–Trinajstić information content (AvgIpc) is 3.49. The third-order valence-electron chi connectivity index (χ3n) is 7.22. The molecule has 0 saturated carbocycles. The highest BCUT2D eigenvalue weighted by atomic mass is 16.4. The van der Waals surface area contributed by atoms with Crippen LogP contribution in [0, 0.1) is 0 Å². The molecule has 7 aromatic rings. The molecule has 0 aliphatic rings. The second-order valence-electron chi connectivity index (χ2n) is 9.46. The summed E-state index contributed by atoms with van der Waals surface area (Å²) < 4.78 is 2.35. The molecular weight excluding hydrogens is 552 g/mol. The molecule has 0 aliphatic carbocycles. The van der Waals surface area contributed by atoms with E-state index in [2.05, 4.69) is 0 Å². The first-order valence-corrected chi connectivity index (χ1v) is 12.1. The molecule has 0 unspecified atom stereocenters. The zero-order chi connectivity index (χ0) is 29.8. The lowest BCUT2D eigenvalue weighted by Gasteiger charge is -2.15. The SMILES string of the molecule is Oc1c(O)c(O)c(-n2c3ccccc3c3nc4c5ccccc5n(-c5c(O)c(O)c(O)c(O)c5O)c4nc32)c(O)c1O. The van der Waals surface area contributed by atoms with Crippen LogP contribution < -0.4 is 0 Å². The van der Waals surface area contributed by atoms with Crippen LogP contribution in [-0.2, 0) is 0 Å². The molecule has 10 N–H and O–H groups in total. The van der Waals surface area contributed by atoms with Crippen molar-refractivity contribution in [1.82, 2.24) is 19.1 Å². The fourth-order valence-corrected chi connectivity index (χ4v) is 5.28. The van der Waals surface area contributed by atoms with Gasteiger partial charge in [0.1, 0.15) is 22.4 Å². The molecule has 0 spiro atoms. The highest BCUT2D eigenvalue weighted by Crippen LogP contribution is 2.55. The minimum Gasteiger partial charge on any atom is -0.503 e. The average molecular weight is 570 g/mol. The number of phenolic OH excluding ortho intramolecular Hbond substituents is 10. The summed E-state index contributed by atoms with van der Waals surface area (Å²) in [6.07, 6.45) is 0. The predicted octanol–water partition coefficient (Wildman–Crippen LogP) is 3.73. The number of hydrogen-bond donors (Lipinski definition) is 10. The Bertz CT molecular complexity index is 2110. The third kappa shape index (κ3) is 2.86. The van der Waals surface area contributed by atoms with Gasteiger partial charge in [0.05, 0.1) is 11.0 Å². The molecule has 14 nitrogen and oxygen atoms in total. The van der Waals surface area contributed by atoms with Gasteiger partial charge in [-0.2, -0.15) is 0 Å². The molecule has 210 valence electrons. The summed E-state index contributed by atoms with van der Waals surface area (Å²) in [5.74, 6) is -10.7.